The zero-order valence-electron chi connectivity index (χ0n) is 10.8. The number of aromatic nitrogens is 2. The maximum Gasteiger partial charge on any atom is 0.267 e. The van der Waals surface area contributed by atoms with Crippen molar-refractivity contribution >= 4 is 21.5 Å². The standard InChI is InChI=1S/C11H13FN4O3S/c1-16-6-10(11(13)14-16)20(17,18)15-9-5-7(19-2)3-4-8(9)12/h3-6,15H,1-2H3,(H2,13,14). The first kappa shape index (κ1) is 14.1. The largest absolute Gasteiger partial charge is 0.497 e. The van der Waals surface area contributed by atoms with E-state index in [4.69, 9.17) is 10.5 Å². The average Bonchev–Trinajstić information content (AvgIpc) is 2.72. The molecule has 0 saturated heterocycles. The van der Waals surface area contributed by atoms with Crippen LogP contribution in [0.2, 0.25) is 0 Å². The summed E-state index contributed by atoms with van der Waals surface area (Å²) < 4.78 is 46.2. The zero-order valence-corrected chi connectivity index (χ0v) is 11.6. The van der Waals surface area contributed by atoms with Crippen LogP contribution in [-0.2, 0) is 17.1 Å². The number of ether oxygens (including phenoxy) is 1. The van der Waals surface area contributed by atoms with Crippen LogP contribution in [0.3, 0.4) is 0 Å². The minimum absolute atomic E-state index is 0.164. The van der Waals surface area contributed by atoms with Crippen LogP contribution in [-0.4, -0.2) is 25.3 Å². The second-order valence-corrected chi connectivity index (χ2v) is 5.65. The van der Waals surface area contributed by atoms with Gasteiger partial charge in [-0.3, -0.25) is 9.40 Å². The van der Waals surface area contributed by atoms with Gasteiger partial charge in [-0.05, 0) is 12.1 Å². The van der Waals surface area contributed by atoms with Crippen molar-refractivity contribution in [3.63, 3.8) is 0 Å². The molecule has 1 aromatic heterocycles. The van der Waals surface area contributed by atoms with Gasteiger partial charge in [-0.1, -0.05) is 0 Å². The van der Waals surface area contributed by atoms with Gasteiger partial charge in [0.2, 0.25) is 0 Å². The number of nitrogen functional groups attached to an aromatic ring is 1. The maximum atomic E-state index is 13.6. The lowest BCUT2D eigenvalue weighted by Crippen LogP contribution is -2.15. The summed E-state index contributed by atoms with van der Waals surface area (Å²) >= 11 is 0. The highest BCUT2D eigenvalue weighted by Gasteiger charge is 2.22. The SMILES string of the molecule is COc1ccc(F)c(NS(=O)(=O)c2cn(C)nc2N)c1. The molecule has 0 saturated carbocycles. The molecule has 0 fully saturated rings. The van der Waals surface area contributed by atoms with Gasteiger partial charge in [-0.2, -0.15) is 5.10 Å². The van der Waals surface area contributed by atoms with E-state index >= 15 is 0 Å². The van der Waals surface area contributed by atoms with Crippen LogP contribution in [0, 0.1) is 5.82 Å². The molecular formula is C11H13FN4O3S. The van der Waals surface area contributed by atoms with Gasteiger partial charge < -0.3 is 10.5 Å². The van der Waals surface area contributed by atoms with E-state index in [1.54, 1.807) is 0 Å². The molecule has 2 rings (SSSR count). The van der Waals surface area contributed by atoms with Crippen molar-refractivity contribution in [1.29, 1.82) is 0 Å². The number of hydrogen-bond acceptors (Lipinski definition) is 5. The first-order valence-electron chi connectivity index (χ1n) is 5.49. The van der Waals surface area contributed by atoms with Gasteiger partial charge in [-0.25, -0.2) is 12.8 Å². The summed E-state index contributed by atoms with van der Waals surface area (Å²) in [6.07, 6.45) is 1.23. The van der Waals surface area contributed by atoms with Crippen molar-refractivity contribution < 1.29 is 17.5 Å². The van der Waals surface area contributed by atoms with Crippen LogP contribution < -0.4 is 15.2 Å². The minimum Gasteiger partial charge on any atom is -0.497 e. The summed E-state index contributed by atoms with van der Waals surface area (Å²) in [7, 11) is -1.10. The highest BCUT2D eigenvalue weighted by atomic mass is 32.2. The number of anilines is 2. The molecular weight excluding hydrogens is 287 g/mol. The Hall–Kier alpha value is -2.29. The van der Waals surface area contributed by atoms with E-state index in [2.05, 4.69) is 9.82 Å². The number of sulfonamides is 1. The molecule has 0 aliphatic carbocycles. The van der Waals surface area contributed by atoms with E-state index in [1.165, 1.54) is 37.2 Å². The predicted octanol–water partition coefficient (Wildman–Crippen LogP) is 0.951. The first-order valence-corrected chi connectivity index (χ1v) is 6.97. The van der Waals surface area contributed by atoms with Crippen molar-refractivity contribution in [2.45, 2.75) is 4.90 Å². The molecule has 0 atom stereocenters. The van der Waals surface area contributed by atoms with E-state index in [-0.39, 0.29) is 16.4 Å². The third-order valence-electron chi connectivity index (χ3n) is 2.53. The summed E-state index contributed by atoms with van der Waals surface area (Å²) in [4.78, 5) is -0.220. The molecule has 0 spiro atoms. The Balaban J connectivity index is 2.40. The Bertz CT molecular complexity index is 742. The van der Waals surface area contributed by atoms with Crippen LogP contribution in [0.1, 0.15) is 0 Å². The fraction of sp³-hybridized carbons (Fsp3) is 0.182. The lowest BCUT2D eigenvalue weighted by Gasteiger charge is -2.09. The van der Waals surface area contributed by atoms with Crippen molar-refractivity contribution in [1.82, 2.24) is 9.78 Å². The number of hydrogen-bond donors (Lipinski definition) is 2. The predicted molar refractivity (Wildman–Crippen MR) is 71.4 cm³/mol. The van der Waals surface area contributed by atoms with E-state index < -0.39 is 15.8 Å². The zero-order chi connectivity index (χ0) is 14.9. The number of methoxy groups -OCH3 is 1. The monoisotopic (exact) mass is 300 g/mol. The number of halogens is 1. The van der Waals surface area contributed by atoms with Crippen LogP contribution in [0.5, 0.6) is 5.75 Å². The molecule has 3 N–H and O–H groups in total. The molecule has 20 heavy (non-hydrogen) atoms. The topological polar surface area (TPSA) is 99.2 Å². The van der Waals surface area contributed by atoms with Gasteiger partial charge in [0.1, 0.15) is 16.5 Å². The van der Waals surface area contributed by atoms with E-state index in [0.717, 1.165) is 6.07 Å². The molecule has 2 aromatic rings. The van der Waals surface area contributed by atoms with E-state index in [9.17, 15) is 12.8 Å². The fourth-order valence-electron chi connectivity index (χ4n) is 1.60. The second kappa shape index (κ2) is 5.00. The molecule has 0 aliphatic rings. The number of nitrogens with one attached hydrogen (secondary N) is 1. The average molecular weight is 300 g/mol. The van der Waals surface area contributed by atoms with Gasteiger partial charge in [0, 0.05) is 19.3 Å². The number of benzene rings is 1. The van der Waals surface area contributed by atoms with Crippen LogP contribution in [0.15, 0.2) is 29.3 Å². The van der Waals surface area contributed by atoms with Crippen molar-refractivity contribution in [3.8, 4) is 5.75 Å². The number of aryl methyl sites for hydroxylation is 1. The summed E-state index contributed by atoms with van der Waals surface area (Å²) in [5.41, 5.74) is 5.28. The quantitative estimate of drug-likeness (QED) is 0.876. The number of rotatable bonds is 4. The Morgan fingerprint density at radius 3 is 2.70 bits per heavy atom. The molecule has 7 nitrogen and oxygen atoms in total. The van der Waals surface area contributed by atoms with Crippen molar-refractivity contribution in [2.75, 3.05) is 17.6 Å². The summed E-state index contributed by atoms with van der Waals surface area (Å²) in [5.74, 6) is -0.566. The molecule has 108 valence electrons. The molecule has 9 heteroatoms. The molecule has 1 aromatic carbocycles. The lowest BCUT2D eigenvalue weighted by atomic mass is 10.3. The number of nitrogens with two attached hydrogens (primary N) is 1. The maximum absolute atomic E-state index is 13.6. The van der Waals surface area contributed by atoms with Gasteiger partial charge in [0.05, 0.1) is 12.8 Å². The lowest BCUT2D eigenvalue weighted by molar-refractivity contribution is 0.414. The van der Waals surface area contributed by atoms with E-state index in [1.807, 2.05) is 0 Å². The highest BCUT2D eigenvalue weighted by Crippen LogP contribution is 2.25. The van der Waals surface area contributed by atoms with Crippen LogP contribution in [0.4, 0.5) is 15.9 Å². The summed E-state index contributed by atoms with van der Waals surface area (Å²) in [6.45, 7) is 0. The highest BCUT2D eigenvalue weighted by molar-refractivity contribution is 7.92. The first-order chi connectivity index (χ1) is 9.33. The van der Waals surface area contributed by atoms with Gasteiger partial charge in [0.25, 0.3) is 10.0 Å². The molecule has 0 radical (unpaired) electrons. The summed E-state index contributed by atoms with van der Waals surface area (Å²) in [6, 6.07) is 3.72. The van der Waals surface area contributed by atoms with Gasteiger partial charge >= 0.3 is 0 Å². The van der Waals surface area contributed by atoms with Gasteiger partial charge in [0.15, 0.2) is 5.82 Å². The van der Waals surface area contributed by atoms with Gasteiger partial charge in [-0.15, -0.1) is 0 Å². The van der Waals surface area contributed by atoms with Crippen LogP contribution >= 0.6 is 0 Å². The Morgan fingerprint density at radius 2 is 2.15 bits per heavy atom. The Labute approximate surface area is 115 Å². The Kier molecular flexibility index (Phi) is 3.53. The molecule has 0 unspecified atom stereocenters. The molecule has 1 heterocycles. The Morgan fingerprint density at radius 1 is 1.45 bits per heavy atom. The summed E-state index contributed by atoms with van der Waals surface area (Å²) in [5, 5.41) is 3.73. The van der Waals surface area contributed by atoms with E-state index in [0.29, 0.717) is 5.75 Å². The minimum atomic E-state index is -4.02. The second-order valence-electron chi connectivity index (χ2n) is 4.00. The van der Waals surface area contributed by atoms with Crippen molar-refractivity contribution in [2.24, 2.45) is 7.05 Å². The van der Waals surface area contributed by atoms with Crippen LogP contribution in [0.25, 0.3) is 0 Å². The van der Waals surface area contributed by atoms with Crippen molar-refractivity contribution in [3.05, 3.63) is 30.2 Å². The third-order valence-corrected chi connectivity index (χ3v) is 3.91. The molecule has 0 bridgehead atoms. The molecule has 0 amide bonds. The smallest absolute Gasteiger partial charge is 0.267 e. The number of nitrogens with zero attached hydrogens (tertiary/aromatic N) is 2. The molecule has 0 aliphatic heterocycles. The third kappa shape index (κ3) is 2.67. The fourth-order valence-corrected chi connectivity index (χ4v) is 2.76. The normalized spacial score (nSPS) is 11.3.